The van der Waals surface area contributed by atoms with Gasteiger partial charge in [-0.3, -0.25) is 9.78 Å². The Labute approximate surface area is 93.1 Å². The van der Waals surface area contributed by atoms with Crippen molar-refractivity contribution in [1.82, 2.24) is 9.55 Å². The van der Waals surface area contributed by atoms with Crippen LogP contribution in [0.5, 0.6) is 0 Å². The van der Waals surface area contributed by atoms with E-state index in [1.165, 1.54) is 4.57 Å². The molecule has 88 valence electrons. The van der Waals surface area contributed by atoms with E-state index in [1.807, 2.05) is 6.92 Å². The second-order valence-corrected chi connectivity index (χ2v) is 4.36. The van der Waals surface area contributed by atoms with Crippen molar-refractivity contribution in [2.24, 2.45) is 0 Å². The summed E-state index contributed by atoms with van der Waals surface area (Å²) in [7, 11) is 0. The zero-order valence-corrected chi connectivity index (χ0v) is 9.53. The molecule has 1 aliphatic heterocycles. The first-order valence-corrected chi connectivity index (χ1v) is 5.52. The molecule has 0 spiro atoms. The van der Waals surface area contributed by atoms with Crippen LogP contribution in [0.1, 0.15) is 25.3 Å². The van der Waals surface area contributed by atoms with E-state index in [2.05, 4.69) is 4.98 Å². The van der Waals surface area contributed by atoms with Crippen molar-refractivity contribution in [2.45, 2.75) is 45.4 Å². The van der Waals surface area contributed by atoms with E-state index in [4.69, 9.17) is 4.74 Å². The van der Waals surface area contributed by atoms with Crippen LogP contribution in [0.25, 0.3) is 0 Å². The Kier molecular flexibility index (Phi) is 2.96. The number of ether oxygens (including phenoxy) is 1. The molecule has 0 aliphatic carbocycles. The van der Waals surface area contributed by atoms with Crippen LogP contribution in [-0.4, -0.2) is 21.8 Å². The summed E-state index contributed by atoms with van der Waals surface area (Å²) in [5, 5.41) is 0. The first kappa shape index (κ1) is 11.1. The summed E-state index contributed by atoms with van der Waals surface area (Å²) in [5.74, 6) is 0. The van der Waals surface area contributed by atoms with Gasteiger partial charge < -0.3 is 9.30 Å². The second kappa shape index (κ2) is 4.25. The minimum Gasteiger partial charge on any atom is -0.375 e. The Balaban J connectivity index is 2.02. The Morgan fingerprint density at radius 2 is 2.25 bits per heavy atom. The number of nitrogens with zero attached hydrogens (tertiary/aromatic N) is 1. The van der Waals surface area contributed by atoms with E-state index in [-0.39, 0.29) is 17.4 Å². The number of rotatable bonds is 3. The SMILES string of the molecule is Cc1cn(CCC2C[C@@H](C)O2)c(=O)[nH]c1=O. The molecule has 1 saturated heterocycles. The third-order valence-electron chi connectivity index (χ3n) is 2.90. The summed E-state index contributed by atoms with van der Waals surface area (Å²) in [5.41, 5.74) is -0.0970. The maximum absolute atomic E-state index is 11.4. The van der Waals surface area contributed by atoms with Gasteiger partial charge in [-0.2, -0.15) is 0 Å². The van der Waals surface area contributed by atoms with Crippen LogP contribution in [0.15, 0.2) is 15.8 Å². The van der Waals surface area contributed by atoms with Crippen molar-refractivity contribution < 1.29 is 4.74 Å². The standard InChI is InChI=1S/C11H16N2O3/c1-7-6-13(11(15)12-10(7)14)4-3-9-5-8(2)16-9/h6,8-9H,3-5H2,1-2H3,(H,12,14,15)/t8-,9?/m1/s1. The summed E-state index contributed by atoms with van der Waals surface area (Å²) >= 11 is 0. The molecule has 0 saturated carbocycles. The van der Waals surface area contributed by atoms with Crippen molar-refractivity contribution in [3.8, 4) is 0 Å². The number of nitrogens with one attached hydrogen (secondary N) is 1. The number of aromatic amines is 1. The van der Waals surface area contributed by atoms with Gasteiger partial charge in [0.2, 0.25) is 0 Å². The summed E-state index contributed by atoms with van der Waals surface area (Å²) in [6.07, 6.45) is 4.07. The van der Waals surface area contributed by atoms with E-state index in [1.54, 1.807) is 13.1 Å². The topological polar surface area (TPSA) is 64.1 Å². The predicted molar refractivity (Wildman–Crippen MR) is 59.6 cm³/mol. The molecule has 2 rings (SSSR count). The van der Waals surface area contributed by atoms with Crippen LogP contribution in [0.2, 0.25) is 0 Å². The Morgan fingerprint density at radius 1 is 1.56 bits per heavy atom. The monoisotopic (exact) mass is 224 g/mol. The highest BCUT2D eigenvalue weighted by Crippen LogP contribution is 2.22. The quantitative estimate of drug-likeness (QED) is 0.809. The van der Waals surface area contributed by atoms with E-state index in [0.717, 1.165) is 12.8 Å². The van der Waals surface area contributed by atoms with E-state index in [9.17, 15) is 9.59 Å². The number of aromatic nitrogens is 2. The summed E-state index contributed by atoms with van der Waals surface area (Å²) < 4.78 is 7.00. The number of H-pyrrole nitrogens is 1. The average molecular weight is 224 g/mol. The Morgan fingerprint density at radius 3 is 2.88 bits per heavy atom. The largest absolute Gasteiger partial charge is 0.375 e. The summed E-state index contributed by atoms with van der Waals surface area (Å²) in [6, 6.07) is 0. The van der Waals surface area contributed by atoms with Gasteiger partial charge >= 0.3 is 5.69 Å². The van der Waals surface area contributed by atoms with E-state index in [0.29, 0.717) is 18.2 Å². The van der Waals surface area contributed by atoms with Gasteiger partial charge in [-0.25, -0.2) is 4.79 Å². The van der Waals surface area contributed by atoms with Crippen molar-refractivity contribution in [2.75, 3.05) is 0 Å². The van der Waals surface area contributed by atoms with Gasteiger partial charge in [0.05, 0.1) is 12.2 Å². The molecular formula is C11H16N2O3. The molecule has 5 nitrogen and oxygen atoms in total. The zero-order valence-electron chi connectivity index (χ0n) is 9.53. The number of hydrogen-bond acceptors (Lipinski definition) is 3. The number of hydrogen-bond donors (Lipinski definition) is 1. The molecule has 2 atom stereocenters. The smallest absolute Gasteiger partial charge is 0.328 e. The highest BCUT2D eigenvalue weighted by Gasteiger charge is 2.25. The summed E-state index contributed by atoms with van der Waals surface area (Å²) in [6.45, 7) is 4.32. The number of aryl methyl sites for hydroxylation is 2. The van der Waals surface area contributed by atoms with Gasteiger partial charge in [0.1, 0.15) is 0 Å². The van der Waals surface area contributed by atoms with Gasteiger partial charge in [-0.15, -0.1) is 0 Å². The van der Waals surface area contributed by atoms with Crippen molar-refractivity contribution in [3.05, 3.63) is 32.6 Å². The molecule has 1 N–H and O–H groups in total. The first-order valence-electron chi connectivity index (χ1n) is 5.52. The van der Waals surface area contributed by atoms with Crippen molar-refractivity contribution in [3.63, 3.8) is 0 Å². The molecule has 0 bridgehead atoms. The van der Waals surface area contributed by atoms with Crippen LogP contribution in [0, 0.1) is 6.92 Å². The average Bonchev–Trinajstić information content (AvgIpc) is 2.18. The molecule has 2 heterocycles. The first-order chi connectivity index (χ1) is 7.56. The molecule has 0 aromatic carbocycles. The highest BCUT2D eigenvalue weighted by molar-refractivity contribution is 5.00. The molecule has 1 aromatic heterocycles. The molecule has 1 aliphatic rings. The lowest BCUT2D eigenvalue weighted by atomic mass is 10.0. The van der Waals surface area contributed by atoms with Gasteiger partial charge in [-0.05, 0) is 26.7 Å². The fourth-order valence-electron chi connectivity index (χ4n) is 1.94. The molecule has 0 radical (unpaired) electrons. The van der Waals surface area contributed by atoms with Crippen LogP contribution < -0.4 is 11.2 Å². The molecule has 1 aromatic rings. The maximum Gasteiger partial charge on any atom is 0.328 e. The Bertz CT molecular complexity index is 483. The van der Waals surface area contributed by atoms with Gasteiger partial charge in [-0.1, -0.05) is 0 Å². The maximum atomic E-state index is 11.4. The third kappa shape index (κ3) is 2.24. The van der Waals surface area contributed by atoms with Crippen LogP contribution in [0.4, 0.5) is 0 Å². The van der Waals surface area contributed by atoms with E-state index >= 15 is 0 Å². The van der Waals surface area contributed by atoms with Crippen LogP contribution >= 0.6 is 0 Å². The van der Waals surface area contributed by atoms with Crippen LogP contribution in [0.3, 0.4) is 0 Å². The molecule has 16 heavy (non-hydrogen) atoms. The lowest BCUT2D eigenvalue weighted by Crippen LogP contribution is -2.37. The predicted octanol–water partition coefficient (Wildman–Crippen LogP) is 0.413. The third-order valence-corrected chi connectivity index (χ3v) is 2.90. The summed E-state index contributed by atoms with van der Waals surface area (Å²) in [4.78, 5) is 24.9. The van der Waals surface area contributed by atoms with Crippen LogP contribution in [-0.2, 0) is 11.3 Å². The van der Waals surface area contributed by atoms with Gasteiger partial charge in [0, 0.05) is 18.3 Å². The second-order valence-electron chi connectivity index (χ2n) is 4.36. The molecule has 0 amide bonds. The lowest BCUT2D eigenvalue weighted by molar-refractivity contribution is -0.117. The van der Waals surface area contributed by atoms with Gasteiger partial charge in [0.15, 0.2) is 0 Å². The van der Waals surface area contributed by atoms with E-state index < -0.39 is 0 Å². The molecule has 5 heteroatoms. The minimum atomic E-state index is -0.344. The molecule has 1 fully saturated rings. The normalized spacial score (nSPS) is 24.1. The minimum absolute atomic E-state index is 0.258. The zero-order chi connectivity index (χ0) is 11.7. The Hall–Kier alpha value is -1.36. The van der Waals surface area contributed by atoms with Crippen molar-refractivity contribution in [1.29, 1.82) is 0 Å². The fraction of sp³-hybridized carbons (Fsp3) is 0.636. The fourth-order valence-corrected chi connectivity index (χ4v) is 1.94. The molecular weight excluding hydrogens is 208 g/mol. The molecule has 1 unspecified atom stereocenters. The van der Waals surface area contributed by atoms with Crippen molar-refractivity contribution >= 4 is 0 Å². The highest BCUT2D eigenvalue weighted by atomic mass is 16.5. The van der Waals surface area contributed by atoms with Gasteiger partial charge in [0.25, 0.3) is 5.56 Å². The lowest BCUT2D eigenvalue weighted by Gasteiger charge is -2.33.